The topological polar surface area (TPSA) is 63.6 Å². The Labute approximate surface area is 192 Å². The van der Waals surface area contributed by atoms with Gasteiger partial charge in [-0.3, -0.25) is 4.79 Å². The molecular formula is C27H52O4. The van der Waals surface area contributed by atoms with E-state index in [2.05, 4.69) is 6.92 Å². The minimum absolute atomic E-state index is 0.425. The molecule has 0 aromatic rings. The van der Waals surface area contributed by atoms with Crippen molar-refractivity contribution in [3.05, 3.63) is 0 Å². The zero-order chi connectivity index (χ0) is 23.0. The molecule has 0 saturated heterocycles. The predicted molar refractivity (Wildman–Crippen MR) is 130 cm³/mol. The number of carbonyl (C=O) groups is 2. The van der Waals surface area contributed by atoms with Crippen LogP contribution in [0.15, 0.2) is 0 Å². The van der Waals surface area contributed by atoms with E-state index in [0.717, 1.165) is 19.3 Å². The summed E-state index contributed by atoms with van der Waals surface area (Å²) in [6, 6.07) is 0. The number of hydrogen-bond acceptors (Lipinski definition) is 3. The summed E-state index contributed by atoms with van der Waals surface area (Å²) in [6.45, 7) is 3.54. The number of ether oxygens (including phenoxy) is 1. The first kappa shape index (κ1) is 29.9. The molecule has 0 amide bonds. The highest BCUT2D eigenvalue weighted by molar-refractivity contribution is 5.76. The summed E-state index contributed by atoms with van der Waals surface area (Å²) in [5.74, 6) is -1.56. The van der Waals surface area contributed by atoms with Crippen LogP contribution in [0.1, 0.15) is 155 Å². The van der Waals surface area contributed by atoms with Crippen LogP contribution in [0.3, 0.4) is 0 Å². The average molecular weight is 441 g/mol. The van der Waals surface area contributed by atoms with E-state index in [9.17, 15) is 9.59 Å². The van der Waals surface area contributed by atoms with Crippen molar-refractivity contribution in [2.75, 3.05) is 0 Å². The Hall–Kier alpha value is -1.06. The number of esters is 1. The van der Waals surface area contributed by atoms with Gasteiger partial charge in [0.1, 0.15) is 0 Å². The molecule has 0 bridgehead atoms. The van der Waals surface area contributed by atoms with Gasteiger partial charge in [0.25, 0.3) is 0 Å². The molecule has 0 aliphatic heterocycles. The maximum Gasteiger partial charge on any atom is 0.345 e. The van der Waals surface area contributed by atoms with E-state index in [1.54, 1.807) is 0 Å². The van der Waals surface area contributed by atoms with Crippen LogP contribution in [0.5, 0.6) is 0 Å². The lowest BCUT2D eigenvalue weighted by Crippen LogP contribution is -2.25. The molecule has 0 aliphatic rings. The monoisotopic (exact) mass is 440 g/mol. The first-order valence-corrected chi connectivity index (χ1v) is 13.5. The molecule has 4 nitrogen and oxygen atoms in total. The van der Waals surface area contributed by atoms with E-state index >= 15 is 0 Å². The number of unbranched alkanes of at least 4 members (excludes halogenated alkanes) is 20. The van der Waals surface area contributed by atoms with E-state index < -0.39 is 18.0 Å². The highest BCUT2D eigenvalue weighted by Crippen LogP contribution is 2.15. The van der Waals surface area contributed by atoms with Gasteiger partial charge in [0.05, 0.1) is 0 Å². The molecule has 0 saturated carbocycles. The van der Waals surface area contributed by atoms with Gasteiger partial charge in [0.2, 0.25) is 0 Å². The fourth-order valence-corrected chi connectivity index (χ4v) is 4.19. The molecule has 0 fully saturated rings. The third-order valence-corrected chi connectivity index (χ3v) is 6.15. The van der Waals surface area contributed by atoms with Gasteiger partial charge >= 0.3 is 11.9 Å². The van der Waals surface area contributed by atoms with Gasteiger partial charge in [-0.25, -0.2) is 4.79 Å². The highest BCUT2D eigenvalue weighted by atomic mass is 16.6. The minimum Gasteiger partial charge on any atom is -0.479 e. The Morgan fingerprint density at radius 3 is 1.13 bits per heavy atom. The lowest BCUT2D eigenvalue weighted by atomic mass is 10.0. The predicted octanol–water partition coefficient (Wildman–Crippen LogP) is 8.60. The van der Waals surface area contributed by atoms with Crippen LogP contribution in [0.4, 0.5) is 0 Å². The molecule has 0 unspecified atom stereocenters. The van der Waals surface area contributed by atoms with Crippen LogP contribution in [-0.4, -0.2) is 23.1 Å². The van der Waals surface area contributed by atoms with E-state index in [1.807, 2.05) is 0 Å². The first-order chi connectivity index (χ1) is 15.1. The van der Waals surface area contributed by atoms with E-state index in [0.29, 0.717) is 6.42 Å². The number of carboxylic acids is 1. The molecule has 1 atom stereocenters. The normalized spacial score (nSPS) is 12.1. The quantitative estimate of drug-likeness (QED) is 0.120. The Morgan fingerprint density at radius 2 is 0.871 bits per heavy atom. The molecule has 0 aromatic carbocycles. The van der Waals surface area contributed by atoms with Gasteiger partial charge in [-0.1, -0.05) is 135 Å². The van der Waals surface area contributed by atoms with Crippen LogP contribution in [-0.2, 0) is 14.3 Å². The molecule has 184 valence electrons. The van der Waals surface area contributed by atoms with Crippen molar-refractivity contribution in [2.45, 2.75) is 161 Å². The van der Waals surface area contributed by atoms with Gasteiger partial charge in [-0.2, -0.15) is 0 Å². The third-order valence-electron chi connectivity index (χ3n) is 6.15. The average Bonchev–Trinajstić information content (AvgIpc) is 2.73. The zero-order valence-electron chi connectivity index (χ0n) is 20.8. The molecule has 0 spiro atoms. The summed E-state index contributed by atoms with van der Waals surface area (Å²) >= 11 is 0. The summed E-state index contributed by atoms with van der Waals surface area (Å²) in [4.78, 5) is 21.9. The SMILES string of the molecule is CCCCCCCCCCCCCCCCCCCCCCC[C@@H](OC(C)=O)C(=O)O. The van der Waals surface area contributed by atoms with Crippen LogP contribution in [0.2, 0.25) is 0 Å². The van der Waals surface area contributed by atoms with Crippen LogP contribution in [0, 0.1) is 0 Å². The van der Waals surface area contributed by atoms with E-state index in [4.69, 9.17) is 9.84 Å². The summed E-state index contributed by atoms with van der Waals surface area (Å²) in [6.07, 6.45) is 27.5. The highest BCUT2D eigenvalue weighted by Gasteiger charge is 2.19. The maximum atomic E-state index is 11.0. The summed E-state index contributed by atoms with van der Waals surface area (Å²) in [7, 11) is 0. The number of carbonyl (C=O) groups excluding carboxylic acids is 1. The zero-order valence-corrected chi connectivity index (χ0v) is 20.8. The standard InChI is InChI=1S/C27H52O4/c1-3-4-5-6-7-8-9-10-11-12-13-14-15-16-17-18-19-20-21-22-23-24-26(27(29)30)31-25(2)28/h26H,3-24H2,1-2H3,(H,29,30)/t26-/m1/s1. The van der Waals surface area contributed by atoms with Gasteiger partial charge < -0.3 is 9.84 Å². The molecule has 4 heteroatoms. The van der Waals surface area contributed by atoms with Gasteiger partial charge in [0.15, 0.2) is 6.10 Å². The molecule has 0 heterocycles. The Morgan fingerprint density at radius 1 is 0.581 bits per heavy atom. The molecule has 0 aliphatic carbocycles. The Bertz CT molecular complexity index is 408. The van der Waals surface area contributed by atoms with Crippen LogP contribution < -0.4 is 0 Å². The maximum absolute atomic E-state index is 11.0. The second-order valence-corrected chi connectivity index (χ2v) is 9.30. The number of carboxylic acid groups (broad SMARTS) is 1. The van der Waals surface area contributed by atoms with Crippen molar-refractivity contribution >= 4 is 11.9 Å². The largest absolute Gasteiger partial charge is 0.479 e. The second kappa shape index (κ2) is 23.6. The minimum atomic E-state index is -1.04. The van der Waals surface area contributed by atoms with Gasteiger partial charge in [-0.05, 0) is 12.8 Å². The van der Waals surface area contributed by atoms with Crippen molar-refractivity contribution in [3.8, 4) is 0 Å². The lowest BCUT2D eigenvalue weighted by Gasteiger charge is -2.11. The molecular weight excluding hydrogens is 388 g/mol. The van der Waals surface area contributed by atoms with Crippen molar-refractivity contribution in [1.82, 2.24) is 0 Å². The van der Waals surface area contributed by atoms with Crippen LogP contribution in [0.25, 0.3) is 0 Å². The summed E-state index contributed by atoms with van der Waals surface area (Å²) in [5, 5.41) is 9.01. The van der Waals surface area contributed by atoms with Crippen molar-refractivity contribution < 1.29 is 19.4 Å². The van der Waals surface area contributed by atoms with Crippen molar-refractivity contribution in [3.63, 3.8) is 0 Å². The number of hydrogen-bond donors (Lipinski definition) is 1. The molecule has 31 heavy (non-hydrogen) atoms. The fourth-order valence-electron chi connectivity index (χ4n) is 4.19. The molecule has 0 rings (SSSR count). The van der Waals surface area contributed by atoms with E-state index in [-0.39, 0.29) is 0 Å². The Kier molecular flexibility index (Phi) is 22.8. The van der Waals surface area contributed by atoms with Crippen molar-refractivity contribution in [1.29, 1.82) is 0 Å². The van der Waals surface area contributed by atoms with Gasteiger partial charge in [-0.15, -0.1) is 0 Å². The first-order valence-electron chi connectivity index (χ1n) is 13.5. The van der Waals surface area contributed by atoms with E-state index in [1.165, 1.54) is 122 Å². The second-order valence-electron chi connectivity index (χ2n) is 9.30. The van der Waals surface area contributed by atoms with Crippen LogP contribution >= 0.6 is 0 Å². The van der Waals surface area contributed by atoms with Gasteiger partial charge in [0, 0.05) is 6.92 Å². The molecule has 0 radical (unpaired) electrons. The lowest BCUT2D eigenvalue weighted by molar-refractivity contribution is -0.163. The molecule has 0 aromatic heterocycles. The number of rotatable bonds is 24. The fraction of sp³-hybridized carbons (Fsp3) is 0.926. The molecule has 1 N–H and O–H groups in total. The third kappa shape index (κ3) is 23.4. The summed E-state index contributed by atoms with van der Waals surface area (Å²) < 4.78 is 4.82. The Balaban J connectivity index is 3.20. The number of aliphatic carboxylic acids is 1. The van der Waals surface area contributed by atoms with Crippen molar-refractivity contribution in [2.24, 2.45) is 0 Å². The smallest absolute Gasteiger partial charge is 0.345 e. The summed E-state index contributed by atoms with van der Waals surface area (Å²) in [5.41, 5.74) is 0.